The Kier molecular flexibility index (Phi) is 4.01. The van der Waals surface area contributed by atoms with Crippen LogP contribution in [0.3, 0.4) is 0 Å². The Bertz CT molecular complexity index is 609. The lowest BCUT2D eigenvalue weighted by Crippen LogP contribution is -2.16. The van der Waals surface area contributed by atoms with Gasteiger partial charge in [-0.2, -0.15) is 0 Å². The highest BCUT2D eigenvalue weighted by molar-refractivity contribution is 5.44. The van der Waals surface area contributed by atoms with Gasteiger partial charge in [0.05, 0.1) is 25.2 Å². The summed E-state index contributed by atoms with van der Waals surface area (Å²) in [6.45, 7) is 2.76. The summed E-state index contributed by atoms with van der Waals surface area (Å²) >= 11 is 0. The summed E-state index contributed by atoms with van der Waals surface area (Å²) in [7, 11) is 1.62. The van der Waals surface area contributed by atoms with Crippen LogP contribution in [-0.4, -0.2) is 23.1 Å². The van der Waals surface area contributed by atoms with Gasteiger partial charge >= 0.3 is 0 Å². The number of nitrogens with one attached hydrogen (secondary N) is 1. The van der Waals surface area contributed by atoms with Crippen LogP contribution >= 0.6 is 0 Å². The molecule has 1 aromatic heterocycles. The normalized spacial score (nSPS) is 14.0. The van der Waals surface area contributed by atoms with E-state index >= 15 is 0 Å². The summed E-state index contributed by atoms with van der Waals surface area (Å²) in [6.07, 6.45) is 5.91. The molecule has 1 aliphatic carbocycles. The second-order valence-electron chi connectivity index (χ2n) is 5.26. The monoisotopic (exact) mass is 285 g/mol. The third kappa shape index (κ3) is 3.70. The zero-order valence-electron chi connectivity index (χ0n) is 12.3. The van der Waals surface area contributed by atoms with Crippen LogP contribution in [-0.2, 0) is 6.54 Å². The van der Waals surface area contributed by atoms with E-state index in [4.69, 9.17) is 9.47 Å². The van der Waals surface area contributed by atoms with E-state index in [2.05, 4.69) is 15.3 Å². The lowest BCUT2D eigenvalue weighted by molar-refractivity contribution is 0.373. The molecule has 1 N–H and O–H groups in total. The molecule has 1 saturated carbocycles. The van der Waals surface area contributed by atoms with E-state index in [9.17, 15) is 0 Å². The first kappa shape index (κ1) is 13.8. The fraction of sp³-hybridized carbons (Fsp3) is 0.375. The van der Waals surface area contributed by atoms with Crippen molar-refractivity contribution in [2.45, 2.75) is 32.4 Å². The zero-order valence-corrected chi connectivity index (χ0v) is 12.3. The van der Waals surface area contributed by atoms with E-state index in [0.717, 1.165) is 17.8 Å². The topological polar surface area (TPSA) is 56.3 Å². The van der Waals surface area contributed by atoms with Gasteiger partial charge in [0.25, 0.3) is 0 Å². The van der Waals surface area contributed by atoms with Crippen LogP contribution < -0.4 is 14.8 Å². The Morgan fingerprint density at radius 1 is 1.19 bits per heavy atom. The first-order valence-electron chi connectivity index (χ1n) is 7.11. The van der Waals surface area contributed by atoms with Crippen molar-refractivity contribution in [3.8, 4) is 17.4 Å². The molecule has 0 saturated heterocycles. The first-order valence-corrected chi connectivity index (χ1v) is 7.11. The first-order chi connectivity index (χ1) is 10.2. The molecule has 0 bridgehead atoms. The standard InChI is InChI=1S/C16H19N3O2/c1-11-3-6-14(15(7-11)20-2)21-16-10-18-13(9-19-16)8-17-12-4-5-12/h3,6-7,9-10,12,17H,4-5,8H2,1-2H3. The van der Waals surface area contributed by atoms with Crippen LogP contribution in [0.1, 0.15) is 24.1 Å². The number of nitrogens with zero attached hydrogens (tertiary/aromatic N) is 2. The third-order valence-corrected chi connectivity index (χ3v) is 3.36. The van der Waals surface area contributed by atoms with Crippen molar-refractivity contribution in [3.63, 3.8) is 0 Å². The Morgan fingerprint density at radius 2 is 2.05 bits per heavy atom. The van der Waals surface area contributed by atoms with Gasteiger partial charge in [0.1, 0.15) is 0 Å². The van der Waals surface area contributed by atoms with Crippen molar-refractivity contribution < 1.29 is 9.47 Å². The van der Waals surface area contributed by atoms with Crippen LogP contribution in [0.5, 0.6) is 17.4 Å². The summed E-state index contributed by atoms with van der Waals surface area (Å²) in [6, 6.07) is 6.44. The molecular weight excluding hydrogens is 266 g/mol. The largest absolute Gasteiger partial charge is 0.493 e. The SMILES string of the molecule is COc1cc(C)ccc1Oc1cnc(CNC2CC2)cn1. The number of aryl methyl sites for hydroxylation is 1. The molecule has 1 aliphatic rings. The maximum atomic E-state index is 5.73. The van der Waals surface area contributed by atoms with Crippen LogP contribution in [0.25, 0.3) is 0 Å². The molecule has 5 nitrogen and oxygen atoms in total. The lowest BCUT2D eigenvalue weighted by Gasteiger charge is -2.10. The molecule has 1 fully saturated rings. The summed E-state index contributed by atoms with van der Waals surface area (Å²) in [5.74, 6) is 1.80. The maximum Gasteiger partial charge on any atom is 0.238 e. The number of aromatic nitrogens is 2. The molecule has 21 heavy (non-hydrogen) atoms. The number of hydrogen-bond acceptors (Lipinski definition) is 5. The highest BCUT2D eigenvalue weighted by Crippen LogP contribution is 2.31. The summed E-state index contributed by atoms with van der Waals surface area (Å²) in [5, 5.41) is 3.40. The Labute approximate surface area is 124 Å². The van der Waals surface area contributed by atoms with E-state index in [-0.39, 0.29) is 0 Å². The molecule has 2 aromatic rings. The van der Waals surface area contributed by atoms with Gasteiger partial charge in [-0.05, 0) is 37.5 Å². The second-order valence-corrected chi connectivity index (χ2v) is 5.26. The predicted molar refractivity (Wildman–Crippen MR) is 79.7 cm³/mol. The molecule has 1 heterocycles. The average Bonchev–Trinajstić information content (AvgIpc) is 3.32. The van der Waals surface area contributed by atoms with Gasteiger partial charge < -0.3 is 14.8 Å². The zero-order chi connectivity index (χ0) is 14.7. The fourth-order valence-electron chi connectivity index (χ4n) is 2.00. The number of hydrogen-bond donors (Lipinski definition) is 1. The van der Waals surface area contributed by atoms with Gasteiger partial charge in [-0.25, -0.2) is 4.98 Å². The Balaban J connectivity index is 1.66. The van der Waals surface area contributed by atoms with Gasteiger partial charge in [0.2, 0.25) is 5.88 Å². The predicted octanol–water partition coefficient (Wildman–Crippen LogP) is 2.84. The van der Waals surface area contributed by atoms with E-state index < -0.39 is 0 Å². The summed E-state index contributed by atoms with van der Waals surface area (Å²) in [4.78, 5) is 8.65. The summed E-state index contributed by atoms with van der Waals surface area (Å²) in [5.41, 5.74) is 2.04. The molecular formula is C16H19N3O2. The minimum Gasteiger partial charge on any atom is -0.493 e. The van der Waals surface area contributed by atoms with Crippen molar-refractivity contribution in [2.75, 3.05) is 7.11 Å². The van der Waals surface area contributed by atoms with Gasteiger partial charge in [0.15, 0.2) is 11.5 Å². The molecule has 110 valence electrons. The molecule has 0 radical (unpaired) electrons. The molecule has 3 rings (SSSR count). The molecule has 0 spiro atoms. The molecule has 0 unspecified atom stereocenters. The van der Waals surface area contributed by atoms with Gasteiger partial charge in [-0.15, -0.1) is 0 Å². The van der Waals surface area contributed by atoms with Crippen molar-refractivity contribution in [1.29, 1.82) is 0 Å². The second kappa shape index (κ2) is 6.10. The number of methoxy groups -OCH3 is 1. The van der Waals surface area contributed by atoms with Crippen LogP contribution in [0.2, 0.25) is 0 Å². The average molecular weight is 285 g/mol. The smallest absolute Gasteiger partial charge is 0.238 e. The Hall–Kier alpha value is -2.14. The highest BCUT2D eigenvalue weighted by Gasteiger charge is 2.20. The van der Waals surface area contributed by atoms with Gasteiger partial charge in [-0.1, -0.05) is 6.07 Å². The maximum absolute atomic E-state index is 5.73. The van der Waals surface area contributed by atoms with E-state index in [1.54, 1.807) is 19.5 Å². The number of rotatable bonds is 6. The molecule has 5 heteroatoms. The van der Waals surface area contributed by atoms with E-state index in [0.29, 0.717) is 23.4 Å². The van der Waals surface area contributed by atoms with E-state index in [1.807, 2.05) is 25.1 Å². The van der Waals surface area contributed by atoms with Gasteiger partial charge in [0, 0.05) is 12.6 Å². The molecule has 0 amide bonds. The molecule has 0 atom stereocenters. The fourth-order valence-corrected chi connectivity index (χ4v) is 2.00. The summed E-state index contributed by atoms with van der Waals surface area (Å²) < 4.78 is 11.0. The van der Waals surface area contributed by atoms with Crippen molar-refractivity contribution >= 4 is 0 Å². The quantitative estimate of drug-likeness (QED) is 0.884. The Morgan fingerprint density at radius 3 is 2.71 bits per heavy atom. The van der Waals surface area contributed by atoms with Crippen molar-refractivity contribution in [3.05, 3.63) is 41.9 Å². The van der Waals surface area contributed by atoms with Crippen LogP contribution in [0, 0.1) is 6.92 Å². The number of benzene rings is 1. The lowest BCUT2D eigenvalue weighted by atomic mass is 10.2. The molecule has 1 aromatic carbocycles. The van der Waals surface area contributed by atoms with Crippen LogP contribution in [0.15, 0.2) is 30.6 Å². The van der Waals surface area contributed by atoms with Crippen LogP contribution in [0.4, 0.5) is 0 Å². The minimum atomic E-state index is 0.465. The minimum absolute atomic E-state index is 0.465. The molecule has 0 aliphatic heterocycles. The van der Waals surface area contributed by atoms with E-state index in [1.165, 1.54) is 12.8 Å². The third-order valence-electron chi connectivity index (χ3n) is 3.36. The van der Waals surface area contributed by atoms with Crippen molar-refractivity contribution in [2.24, 2.45) is 0 Å². The van der Waals surface area contributed by atoms with Gasteiger partial charge in [-0.3, -0.25) is 4.98 Å². The van der Waals surface area contributed by atoms with Crippen molar-refractivity contribution in [1.82, 2.24) is 15.3 Å². The highest BCUT2D eigenvalue weighted by atomic mass is 16.5. The number of ether oxygens (including phenoxy) is 2.